The van der Waals surface area contributed by atoms with Crippen LogP contribution in [0.3, 0.4) is 0 Å². The SMILES string of the molecule is O=C(c1ccnnc1)N1CC2CCC2(C(=O)NCc2ccccc2)C1. The van der Waals surface area contributed by atoms with Crippen LogP contribution in [0, 0.1) is 11.3 Å². The van der Waals surface area contributed by atoms with Gasteiger partial charge in [0.25, 0.3) is 5.91 Å². The summed E-state index contributed by atoms with van der Waals surface area (Å²) in [5.74, 6) is 0.248. The predicted octanol–water partition coefficient (Wildman–Crippen LogP) is 1.65. The van der Waals surface area contributed by atoms with E-state index in [2.05, 4.69) is 15.5 Å². The van der Waals surface area contributed by atoms with Gasteiger partial charge in [-0.25, -0.2) is 0 Å². The molecule has 2 heterocycles. The summed E-state index contributed by atoms with van der Waals surface area (Å²) in [4.78, 5) is 27.3. The lowest BCUT2D eigenvalue weighted by molar-refractivity contribution is -0.138. The fraction of sp³-hybridized carbons (Fsp3) is 0.368. The van der Waals surface area contributed by atoms with E-state index in [1.54, 1.807) is 11.0 Å². The second kappa shape index (κ2) is 6.27. The summed E-state index contributed by atoms with van der Waals surface area (Å²) in [5, 5.41) is 10.5. The number of likely N-dealkylation sites (tertiary alicyclic amines) is 1. The zero-order chi connectivity index (χ0) is 17.3. The minimum Gasteiger partial charge on any atom is -0.351 e. The van der Waals surface area contributed by atoms with Crippen LogP contribution in [0.15, 0.2) is 48.8 Å². The van der Waals surface area contributed by atoms with E-state index in [1.165, 1.54) is 12.4 Å². The highest BCUT2D eigenvalue weighted by Gasteiger charge is 2.58. The van der Waals surface area contributed by atoms with Gasteiger partial charge in [-0.15, -0.1) is 0 Å². The molecule has 1 aromatic heterocycles. The molecule has 2 amide bonds. The van der Waals surface area contributed by atoms with Crippen LogP contribution in [0.4, 0.5) is 0 Å². The second-order valence-corrected chi connectivity index (χ2v) is 6.88. The van der Waals surface area contributed by atoms with Crippen LogP contribution < -0.4 is 5.32 Å². The Morgan fingerprint density at radius 2 is 2.04 bits per heavy atom. The molecule has 128 valence electrons. The number of hydrogen-bond acceptors (Lipinski definition) is 4. The Kier molecular flexibility index (Phi) is 3.95. The quantitative estimate of drug-likeness (QED) is 0.921. The van der Waals surface area contributed by atoms with E-state index >= 15 is 0 Å². The van der Waals surface area contributed by atoms with Crippen molar-refractivity contribution in [3.05, 3.63) is 59.9 Å². The lowest BCUT2D eigenvalue weighted by Gasteiger charge is -2.42. The third-order valence-corrected chi connectivity index (χ3v) is 5.50. The van der Waals surface area contributed by atoms with E-state index in [-0.39, 0.29) is 17.7 Å². The van der Waals surface area contributed by atoms with Crippen LogP contribution in [-0.4, -0.2) is 40.0 Å². The molecule has 1 saturated heterocycles. The molecule has 2 aliphatic rings. The van der Waals surface area contributed by atoms with Gasteiger partial charge in [-0.2, -0.15) is 10.2 Å². The first-order valence-electron chi connectivity index (χ1n) is 8.57. The van der Waals surface area contributed by atoms with Crippen LogP contribution >= 0.6 is 0 Å². The minimum atomic E-state index is -0.426. The fourth-order valence-electron chi connectivity index (χ4n) is 3.92. The molecule has 0 spiro atoms. The number of fused-ring (bicyclic) bond motifs is 1. The first-order valence-corrected chi connectivity index (χ1v) is 8.57. The van der Waals surface area contributed by atoms with Gasteiger partial charge in [-0.3, -0.25) is 9.59 Å². The average Bonchev–Trinajstić information content (AvgIpc) is 2.92. The summed E-state index contributed by atoms with van der Waals surface area (Å²) < 4.78 is 0. The lowest BCUT2D eigenvalue weighted by Crippen LogP contribution is -2.51. The Morgan fingerprint density at radius 3 is 2.72 bits per heavy atom. The normalized spacial score (nSPS) is 24.3. The Labute approximate surface area is 146 Å². The highest BCUT2D eigenvalue weighted by atomic mass is 16.2. The Balaban J connectivity index is 1.43. The van der Waals surface area contributed by atoms with Crippen molar-refractivity contribution in [2.45, 2.75) is 19.4 Å². The number of nitrogens with one attached hydrogen (secondary N) is 1. The summed E-state index contributed by atoms with van der Waals surface area (Å²) >= 11 is 0. The maximum absolute atomic E-state index is 12.8. The Bertz CT molecular complexity index is 781. The Hall–Kier alpha value is -2.76. The van der Waals surface area contributed by atoms with Gasteiger partial charge in [0.15, 0.2) is 0 Å². The number of aromatic nitrogens is 2. The number of rotatable bonds is 4. The number of nitrogens with zero attached hydrogens (tertiary/aromatic N) is 3. The average molecular weight is 336 g/mol. The van der Waals surface area contributed by atoms with Crippen LogP contribution in [0.25, 0.3) is 0 Å². The molecule has 0 radical (unpaired) electrons. The molecule has 4 rings (SSSR count). The maximum Gasteiger partial charge on any atom is 0.255 e. The molecule has 1 aliphatic heterocycles. The molecule has 2 atom stereocenters. The van der Waals surface area contributed by atoms with E-state index in [9.17, 15) is 9.59 Å². The van der Waals surface area contributed by atoms with Gasteiger partial charge < -0.3 is 10.2 Å². The summed E-state index contributed by atoms with van der Waals surface area (Å²) in [6.07, 6.45) is 4.83. The van der Waals surface area contributed by atoms with E-state index < -0.39 is 5.41 Å². The van der Waals surface area contributed by atoms with Crippen molar-refractivity contribution in [3.63, 3.8) is 0 Å². The molecule has 1 aromatic carbocycles. The largest absolute Gasteiger partial charge is 0.351 e. The topological polar surface area (TPSA) is 75.2 Å². The van der Waals surface area contributed by atoms with Gasteiger partial charge >= 0.3 is 0 Å². The smallest absolute Gasteiger partial charge is 0.255 e. The number of carbonyl (C=O) groups is 2. The lowest BCUT2D eigenvalue weighted by atomic mass is 9.61. The molecule has 1 aliphatic carbocycles. The zero-order valence-electron chi connectivity index (χ0n) is 13.9. The molecule has 2 fully saturated rings. The molecular weight excluding hydrogens is 316 g/mol. The van der Waals surface area contributed by atoms with Crippen molar-refractivity contribution in [2.75, 3.05) is 13.1 Å². The highest BCUT2D eigenvalue weighted by Crippen LogP contribution is 2.52. The van der Waals surface area contributed by atoms with Crippen molar-refractivity contribution in [3.8, 4) is 0 Å². The molecule has 6 heteroatoms. The standard InChI is InChI=1S/C19H20N4O2/c24-17(15-7-9-21-22-11-15)23-12-16-6-8-19(16,13-23)18(25)20-10-14-4-2-1-3-5-14/h1-5,7,9,11,16H,6,8,10,12-13H2,(H,20,25). The summed E-state index contributed by atoms with van der Waals surface area (Å²) in [5.41, 5.74) is 1.18. The van der Waals surface area contributed by atoms with Gasteiger partial charge in [-0.05, 0) is 30.4 Å². The monoisotopic (exact) mass is 336 g/mol. The third kappa shape index (κ3) is 2.77. The van der Waals surface area contributed by atoms with Crippen LogP contribution in [0.5, 0.6) is 0 Å². The van der Waals surface area contributed by atoms with Crippen LogP contribution in [0.1, 0.15) is 28.8 Å². The van der Waals surface area contributed by atoms with E-state index in [1.807, 2.05) is 30.3 Å². The number of amides is 2. The minimum absolute atomic E-state index is 0.0655. The fourth-order valence-corrected chi connectivity index (χ4v) is 3.92. The van der Waals surface area contributed by atoms with E-state index in [4.69, 9.17) is 0 Å². The number of hydrogen-bond donors (Lipinski definition) is 1. The van der Waals surface area contributed by atoms with Crippen molar-refractivity contribution in [2.24, 2.45) is 11.3 Å². The van der Waals surface area contributed by atoms with Crippen LogP contribution in [-0.2, 0) is 11.3 Å². The van der Waals surface area contributed by atoms with Crippen molar-refractivity contribution in [1.29, 1.82) is 0 Å². The van der Waals surface area contributed by atoms with Crippen molar-refractivity contribution < 1.29 is 9.59 Å². The van der Waals surface area contributed by atoms with Gasteiger partial charge in [0, 0.05) is 19.6 Å². The molecule has 6 nitrogen and oxygen atoms in total. The van der Waals surface area contributed by atoms with E-state index in [0.29, 0.717) is 25.2 Å². The molecule has 1 N–H and O–H groups in total. The van der Waals surface area contributed by atoms with Crippen molar-refractivity contribution in [1.82, 2.24) is 20.4 Å². The molecule has 0 bridgehead atoms. The van der Waals surface area contributed by atoms with Gasteiger partial charge in [0.1, 0.15) is 0 Å². The summed E-state index contributed by atoms with van der Waals surface area (Å²) in [6, 6.07) is 11.5. The molecule has 2 aromatic rings. The third-order valence-electron chi connectivity index (χ3n) is 5.50. The number of carbonyl (C=O) groups excluding carboxylic acids is 2. The van der Waals surface area contributed by atoms with Gasteiger partial charge in [0.05, 0.1) is 23.4 Å². The van der Waals surface area contributed by atoms with Gasteiger partial charge in [-0.1, -0.05) is 30.3 Å². The van der Waals surface area contributed by atoms with E-state index in [0.717, 1.165) is 18.4 Å². The summed E-state index contributed by atoms with van der Waals surface area (Å²) in [6.45, 7) is 1.65. The molecular formula is C19H20N4O2. The highest BCUT2D eigenvalue weighted by molar-refractivity contribution is 5.95. The molecule has 2 unspecified atom stereocenters. The Morgan fingerprint density at radius 1 is 1.20 bits per heavy atom. The zero-order valence-corrected chi connectivity index (χ0v) is 13.9. The maximum atomic E-state index is 12.8. The second-order valence-electron chi connectivity index (χ2n) is 6.88. The number of benzene rings is 1. The van der Waals surface area contributed by atoms with Gasteiger partial charge in [0.2, 0.25) is 5.91 Å². The van der Waals surface area contributed by atoms with Crippen molar-refractivity contribution >= 4 is 11.8 Å². The summed E-state index contributed by atoms with van der Waals surface area (Å²) in [7, 11) is 0. The molecule has 25 heavy (non-hydrogen) atoms. The molecule has 1 saturated carbocycles. The van der Waals surface area contributed by atoms with Crippen LogP contribution in [0.2, 0.25) is 0 Å². The predicted molar refractivity (Wildman–Crippen MR) is 91.4 cm³/mol. The first kappa shape index (κ1) is 15.7. The first-order chi connectivity index (χ1) is 12.2.